The third-order valence-electron chi connectivity index (χ3n) is 4.62. The van der Waals surface area contributed by atoms with Gasteiger partial charge in [-0.25, -0.2) is 9.91 Å². The highest BCUT2D eigenvalue weighted by Crippen LogP contribution is 2.35. The first-order valence-corrected chi connectivity index (χ1v) is 8.26. The van der Waals surface area contributed by atoms with E-state index in [1.807, 2.05) is 26.0 Å². The molecule has 0 radical (unpaired) electrons. The SMILES string of the molecule is Cc1ccc(N2C(=O)C3N=NN(c4ccc(Cl)cc4)C3C2=O)cc1C. The van der Waals surface area contributed by atoms with E-state index < -0.39 is 12.1 Å². The predicted molar refractivity (Wildman–Crippen MR) is 94.8 cm³/mol. The minimum atomic E-state index is -0.815. The Morgan fingerprint density at radius 1 is 0.920 bits per heavy atom. The number of nitrogens with zero attached hydrogens (tertiary/aromatic N) is 4. The summed E-state index contributed by atoms with van der Waals surface area (Å²) < 4.78 is 0. The lowest BCUT2D eigenvalue weighted by Crippen LogP contribution is -2.39. The van der Waals surface area contributed by atoms with Gasteiger partial charge in [0.25, 0.3) is 11.8 Å². The second kappa shape index (κ2) is 5.67. The highest BCUT2D eigenvalue weighted by Gasteiger charge is 2.55. The summed E-state index contributed by atoms with van der Waals surface area (Å²) >= 11 is 5.91. The molecule has 6 nitrogen and oxygen atoms in total. The van der Waals surface area contributed by atoms with Crippen LogP contribution in [-0.4, -0.2) is 23.9 Å². The molecule has 0 N–H and O–H groups in total. The number of anilines is 2. The van der Waals surface area contributed by atoms with Crippen molar-refractivity contribution in [1.82, 2.24) is 0 Å². The molecule has 0 saturated carbocycles. The zero-order chi connectivity index (χ0) is 17.7. The van der Waals surface area contributed by atoms with Crippen LogP contribution in [-0.2, 0) is 9.59 Å². The monoisotopic (exact) mass is 354 g/mol. The Labute approximate surface area is 149 Å². The number of fused-ring (bicyclic) bond motifs is 1. The largest absolute Gasteiger partial charge is 0.271 e. The molecule has 2 unspecified atom stereocenters. The number of carbonyl (C=O) groups excluding carboxylic acids is 2. The first-order chi connectivity index (χ1) is 12.0. The number of hydrogen-bond donors (Lipinski definition) is 0. The summed E-state index contributed by atoms with van der Waals surface area (Å²) in [4.78, 5) is 26.9. The van der Waals surface area contributed by atoms with Gasteiger partial charge < -0.3 is 0 Å². The van der Waals surface area contributed by atoms with Crippen molar-refractivity contribution in [3.8, 4) is 0 Å². The topological polar surface area (TPSA) is 65.3 Å². The highest BCUT2D eigenvalue weighted by molar-refractivity contribution is 6.30. The van der Waals surface area contributed by atoms with E-state index in [-0.39, 0.29) is 11.8 Å². The van der Waals surface area contributed by atoms with Crippen LogP contribution >= 0.6 is 11.6 Å². The lowest BCUT2D eigenvalue weighted by Gasteiger charge is -2.21. The van der Waals surface area contributed by atoms with Crippen LogP contribution in [0, 0.1) is 13.8 Å². The molecule has 0 aliphatic carbocycles. The van der Waals surface area contributed by atoms with Crippen LogP contribution in [0.3, 0.4) is 0 Å². The van der Waals surface area contributed by atoms with Crippen molar-refractivity contribution in [3.63, 3.8) is 0 Å². The quantitative estimate of drug-likeness (QED) is 0.776. The predicted octanol–water partition coefficient (Wildman–Crippen LogP) is 3.45. The Morgan fingerprint density at radius 2 is 1.60 bits per heavy atom. The molecule has 2 amide bonds. The van der Waals surface area contributed by atoms with Gasteiger partial charge in [-0.15, -0.1) is 0 Å². The molecule has 25 heavy (non-hydrogen) atoms. The Hall–Kier alpha value is -2.73. The van der Waals surface area contributed by atoms with Crippen LogP contribution in [0.15, 0.2) is 52.8 Å². The summed E-state index contributed by atoms with van der Waals surface area (Å²) in [6.07, 6.45) is 0. The summed E-state index contributed by atoms with van der Waals surface area (Å²) in [5.41, 5.74) is 3.36. The normalized spacial score (nSPS) is 22.0. The fraction of sp³-hybridized carbons (Fsp3) is 0.222. The number of aryl methyl sites for hydroxylation is 2. The molecular weight excluding hydrogens is 340 g/mol. The molecule has 2 aliphatic heterocycles. The lowest BCUT2D eigenvalue weighted by atomic mass is 10.1. The van der Waals surface area contributed by atoms with E-state index in [4.69, 9.17) is 11.6 Å². The van der Waals surface area contributed by atoms with Crippen molar-refractivity contribution in [2.24, 2.45) is 10.3 Å². The molecule has 2 aromatic rings. The van der Waals surface area contributed by atoms with Gasteiger partial charge in [-0.3, -0.25) is 9.59 Å². The van der Waals surface area contributed by atoms with Gasteiger partial charge in [-0.1, -0.05) is 22.9 Å². The van der Waals surface area contributed by atoms with Crippen LogP contribution in [0.25, 0.3) is 0 Å². The van der Waals surface area contributed by atoms with Crippen molar-refractivity contribution in [2.45, 2.75) is 25.9 Å². The minimum Gasteiger partial charge on any atom is -0.271 e. The average Bonchev–Trinajstić information content (AvgIpc) is 3.12. The van der Waals surface area contributed by atoms with E-state index in [2.05, 4.69) is 10.3 Å². The van der Waals surface area contributed by atoms with Crippen molar-refractivity contribution < 1.29 is 9.59 Å². The van der Waals surface area contributed by atoms with Crippen molar-refractivity contribution >= 4 is 34.8 Å². The first-order valence-electron chi connectivity index (χ1n) is 7.88. The van der Waals surface area contributed by atoms with Gasteiger partial charge in [0.15, 0.2) is 12.1 Å². The van der Waals surface area contributed by atoms with E-state index in [0.717, 1.165) is 11.1 Å². The third kappa shape index (κ3) is 2.41. The molecule has 2 aliphatic rings. The zero-order valence-electron chi connectivity index (χ0n) is 13.7. The fourth-order valence-electron chi connectivity index (χ4n) is 3.09. The van der Waals surface area contributed by atoms with E-state index in [1.165, 1.54) is 9.91 Å². The molecule has 2 atom stereocenters. The maximum Gasteiger partial charge on any atom is 0.263 e. The van der Waals surface area contributed by atoms with E-state index in [9.17, 15) is 9.59 Å². The van der Waals surface area contributed by atoms with Crippen LogP contribution in [0.2, 0.25) is 5.02 Å². The summed E-state index contributed by atoms with van der Waals surface area (Å²) in [6.45, 7) is 3.93. The highest BCUT2D eigenvalue weighted by atomic mass is 35.5. The minimum absolute atomic E-state index is 0.321. The number of imide groups is 1. The summed E-state index contributed by atoms with van der Waals surface area (Å²) in [6, 6.07) is 10.9. The number of benzene rings is 2. The molecule has 4 rings (SSSR count). The summed E-state index contributed by atoms with van der Waals surface area (Å²) in [5.74, 6) is -0.670. The van der Waals surface area contributed by atoms with Gasteiger partial charge in [0, 0.05) is 5.02 Å². The second-order valence-corrected chi connectivity index (χ2v) is 6.63. The molecule has 1 saturated heterocycles. The van der Waals surface area contributed by atoms with Gasteiger partial charge >= 0.3 is 0 Å². The van der Waals surface area contributed by atoms with Crippen LogP contribution in [0.1, 0.15) is 11.1 Å². The second-order valence-electron chi connectivity index (χ2n) is 6.20. The van der Waals surface area contributed by atoms with Crippen molar-refractivity contribution in [3.05, 3.63) is 58.6 Å². The van der Waals surface area contributed by atoms with Gasteiger partial charge in [-0.2, -0.15) is 5.11 Å². The lowest BCUT2D eigenvalue weighted by molar-refractivity contribution is -0.121. The maximum atomic E-state index is 13.0. The Balaban J connectivity index is 1.70. The molecule has 2 heterocycles. The van der Waals surface area contributed by atoms with Gasteiger partial charge in [0.2, 0.25) is 0 Å². The Kier molecular flexibility index (Phi) is 3.58. The summed E-state index contributed by atoms with van der Waals surface area (Å²) in [5, 5.41) is 10.1. The number of rotatable bonds is 2. The third-order valence-corrected chi connectivity index (χ3v) is 4.87. The average molecular weight is 355 g/mol. The molecule has 1 fully saturated rings. The Bertz CT molecular complexity index is 910. The van der Waals surface area contributed by atoms with Crippen molar-refractivity contribution in [1.29, 1.82) is 0 Å². The number of hydrogen-bond acceptors (Lipinski definition) is 5. The molecular formula is C18H15ClN4O2. The number of amides is 2. The Morgan fingerprint density at radius 3 is 2.28 bits per heavy atom. The molecule has 0 bridgehead atoms. The zero-order valence-corrected chi connectivity index (χ0v) is 14.4. The smallest absolute Gasteiger partial charge is 0.263 e. The van der Waals surface area contributed by atoms with Crippen LogP contribution < -0.4 is 9.91 Å². The number of carbonyl (C=O) groups is 2. The maximum absolute atomic E-state index is 13.0. The van der Waals surface area contributed by atoms with E-state index >= 15 is 0 Å². The van der Waals surface area contributed by atoms with Gasteiger partial charge in [-0.05, 0) is 61.4 Å². The van der Waals surface area contributed by atoms with Crippen LogP contribution in [0.5, 0.6) is 0 Å². The number of halogens is 1. The molecule has 126 valence electrons. The van der Waals surface area contributed by atoms with Crippen molar-refractivity contribution in [2.75, 3.05) is 9.91 Å². The molecule has 0 spiro atoms. The standard InChI is InChI=1S/C18H15ClN4O2/c1-10-3-6-14(9-11(10)2)22-17(24)15-16(18(22)25)23(21-20-15)13-7-4-12(19)5-8-13/h3-9,15-16H,1-2H3. The van der Waals surface area contributed by atoms with E-state index in [1.54, 1.807) is 30.3 Å². The van der Waals surface area contributed by atoms with Gasteiger partial charge in [0.05, 0.1) is 11.4 Å². The van der Waals surface area contributed by atoms with Crippen LogP contribution in [0.4, 0.5) is 11.4 Å². The van der Waals surface area contributed by atoms with E-state index in [0.29, 0.717) is 16.4 Å². The molecule has 7 heteroatoms. The molecule has 2 aromatic carbocycles. The fourth-order valence-corrected chi connectivity index (χ4v) is 3.21. The molecule has 0 aromatic heterocycles. The van der Waals surface area contributed by atoms with Gasteiger partial charge in [0.1, 0.15) is 0 Å². The first kappa shape index (κ1) is 15.8. The summed E-state index contributed by atoms with van der Waals surface area (Å²) in [7, 11) is 0.